The first-order valence-electron chi connectivity index (χ1n) is 17.6. The van der Waals surface area contributed by atoms with E-state index in [1.54, 1.807) is 18.2 Å². The molecule has 1 unspecified atom stereocenters. The molecule has 1 saturated heterocycles. The molecule has 0 radical (unpaired) electrons. The van der Waals surface area contributed by atoms with Gasteiger partial charge in [-0.25, -0.2) is 0 Å². The Bertz CT molecular complexity index is 1400. The zero-order valence-electron chi connectivity index (χ0n) is 29.7. The number of piperidine rings is 1. The number of imide groups is 3. The second-order valence-corrected chi connectivity index (χ2v) is 11.7. The SMILES string of the molecule is O=C1CCC(N2C(=O)c3cccc(NCCOCCOCCOCCOCCOCCOCCOCCOCCN4C(=O)C=CC4=O)c3C2=O)C(=O)N1. The summed E-state index contributed by atoms with van der Waals surface area (Å²) in [5.41, 5.74) is 0.887. The summed E-state index contributed by atoms with van der Waals surface area (Å²) in [6, 6.07) is 3.88. The maximum absolute atomic E-state index is 13.1. The van der Waals surface area contributed by atoms with Crippen molar-refractivity contribution in [1.29, 1.82) is 0 Å². The van der Waals surface area contributed by atoms with Crippen LogP contribution < -0.4 is 10.6 Å². The Balaban J connectivity index is 0.866. The fourth-order valence-corrected chi connectivity index (χ4v) is 5.37. The largest absolute Gasteiger partial charge is 0.382 e. The molecule has 3 aliphatic rings. The van der Waals surface area contributed by atoms with Crippen LogP contribution in [-0.4, -0.2) is 170 Å². The molecule has 0 aromatic heterocycles. The Morgan fingerprint density at radius 1 is 0.604 bits per heavy atom. The van der Waals surface area contributed by atoms with E-state index in [1.165, 1.54) is 12.2 Å². The normalized spacial score (nSPS) is 17.0. The van der Waals surface area contributed by atoms with Crippen LogP contribution in [0, 0.1) is 0 Å². The third-order valence-corrected chi connectivity index (χ3v) is 7.99. The van der Waals surface area contributed by atoms with Gasteiger partial charge in [0.1, 0.15) is 6.04 Å². The van der Waals surface area contributed by atoms with Crippen molar-refractivity contribution < 1.29 is 66.7 Å². The molecule has 1 atom stereocenters. The minimum absolute atomic E-state index is 0.0608. The lowest BCUT2D eigenvalue weighted by atomic mass is 10.0. The summed E-state index contributed by atoms with van der Waals surface area (Å²) >= 11 is 0. The quantitative estimate of drug-likeness (QED) is 0.0787. The van der Waals surface area contributed by atoms with E-state index in [0.29, 0.717) is 111 Å². The van der Waals surface area contributed by atoms with E-state index in [4.69, 9.17) is 37.9 Å². The number of nitrogens with one attached hydrogen (secondary N) is 2. The van der Waals surface area contributed by atoms with Crippen LogP contribution in [-0.2, 0) is 57.1 Å². The topological polar surface area (TPSA) is 207 Å². The average molecular weight is 749 g/mol. The van der Waals surface area contributed by atoms with Crippen molar-refractivity contribution in [2.45, 2.75) is 18.9 Å². The third kappa shape index (κ3) is 13.7. The van der Waals surface area contributed by atoms with Gasteiger partial charge >= 0.3 is 0 Å². The molecule has 3 heterocycles. The summed E-state index contributed by atoms with van der Waals surface area (Å²) in [7, 11) is 0. The van der Waals surface area contributed by atoms with Gasteiger partial charge in [-0.05, 0) is 18.6 Å². The van der Waals surface area contributed by atoms with Gasteiger partial charge in [-0.3, -0.25) is 43.9 Å². The first-order chi connectivity index (χ1) is 25.9. The monoisotopic (exact) mass is 748 g/mol. The van der Waals surface area contributed by atoms with Gasteiger partial charge in [-0.2, -0.15) is 0 Å². The molecule has 292 valence electrons. The Morgan fingerprint density at radius 2 is 1.08 bits per heavy atom. The molecule has 1 aromatic rings. The van der Waals surface area contributed by atoms with E-state index >= 15 is 0 Å². The van der Waals surface area contributed by atoms with Gasteiger partial charge in [-0.15, -0.1) is 0 Å². The number of carbonyl (C=O) groups is 6. The van der Waals surface area contributed by atoms with Crippen molar-refractivity contribution in [3.8, 4) is 0 Å². The van der Waals surface area contributed by atoms with Crippen LogP contribution in [0.4, 0.5) is 5.69 Å². The standard InChI is InChI=1S/C35H48N4O14/c40-29-5-4-28(33(43)37-29)39-34(44)26-2-1-3-27(32(26)35(39)45)36-8-10-46-12-14-48-16-18-50-20-22-52-24-25-53-23-21-51-19-17-49-15-13-47-11-9-38-30(41)6-7-31(38)42/h1-3,6-7,28,36H,4-5,8-25H2,(H,37,40,43). The Hall–Kier alpha value is -4.14. The molecule has 4 rings (SSSR count). The van der Waals surface area contributed by atoms with Crippen molar-refractivity contribution in [3.63, 3.8) is 0 Å². The van der Waals surface area contributed by atoms with Crippen LogP contribution in [0.25, 0.3) is 0 Å². The third-order valence-electron chi connectivity index (χ3n) is 7.99. The number of nitrogens with zero attached hydrogens (tertiary/aromatic N) is 2. The molecule has 2 N–H and O–H groups in total. The van der Waals surface area contributed by atoms with Crippen LogP contribution in [0.3, 0.4) is 0 Å². The zero-order valence-corrected chi connectivity index (χ0v) is 29.7. The second kappa shape index (κ2) is 23.5. The van der Waals surface area contributed by atoms with Crippen molar-refractivity contribution >= 4 is 41.1 Å². The lowest BCUT2D eigenvalue weighted by molar-refractivity contribution is -0.138. The van der Waals surface area contributed by atoms with Gasteiger partial charge in [0.05, 0.1) is 123 Å². The number of carbonyl (C=O) groups excluding carboxylic acids is 6. The molecule has 3 aliphatic heterocycles. The van der Waals surface area contributed by atoms with E-state index < -0.39 is 29.7 Å². The van der Waals surface area contributed by atoms with Gasteiger partial charge < -0.3 is 43.2 Å². The Labute approximate surface area is 307 Å². The summed E-state index contributed by atoms with van der Waals surface area (Å²) in [4.78, 5) is 74.8. The molecule has 0 bridgehead atoms. The molecule has 0 aliphatic carbocycles. The molecule has 1 fully saturated rings. The van der Waals surface area contributed by atoms with Crippen LogP contribution in [0.5, 0.6) is 0 Å². The number of amides is 6. The van der Waals surface area contributed by atoms with Gasteiger partial charge in [0.15, 0.2) is 0 Å². The minimum atomic E-state index is -1.02. The maximum atomic E-state index is 13.1. The summed E-state index contributed by atoms with van der Waals surface area (Å²) in [6.07, 6.45) is 2.65. The molecular weight excluding hydrogens is 700 g/mol. The fourth-order valence-electron chi connectivity index (χ4n) is 5.37. The van der Waals surface area contributed by atoms with E-state index in [1.807, 2.05) is 0 Å². The first-order valence-corrected chi connectivity index (χ1v) is 17.6. The van der Waals surface area contributed by atoms with Crippen molar-refractivity contribution in [3.05, 3.63) is 41.5 Å². The Kier molecular flexibility index (Phi) is 18.5. The zero-order chi connectivity index (χ0) is 37.7. The van der Waals surface area contributed by atoms with E-state index in [0.717, 1.165) is 9.80 Å². The number of fused-ring (bicyclic) bond motifs is 1. The van der Waals surface area contributed by atoms with Gasteiger partial charge in [0, 0.05) is 30.8 Å². The lowest BCUT2D eigenvalue weighted by Gasteiger charge is -2.27. The molecule has 0 saturated carbocycles. The van der Waals surface area contributed by atoms with Gasteiger partial charge in [-0.1, -0.05) is 6.07 Å². The summed E-state index contributed by atoms with van der Waals surface area (Å²) in [6.45, 7) is 6.96. The van der Waals surface area contributed by atoms with E-state index in [-0.39, 0.29) is 48.9 Å². The predicted octanol–water partition coefficient (Wildman–Crippen LogP) is -0.442. The molecule has 1 aromatic carbocycles. The van der Waals surface area contributed by atoms with Crippen LogP contribution >= 0.6 is 0 Å². The number of benzene rings is 1. The molecule has 6 amide bonds. The number of rotatable bonds is 29. The van der Waals surface area contributed by atoms with Crippen LogP contribution in [0.15, 0.2) is 30.4 Å². The predicted molar refractivity (Wildman–Crippen MR) is 184 cm³/mol. The maximum Gasteiger partial charge on any atom is 0.264 e. The summed E-state index contributed by atoms with van der Waals surface area (Å²) in [5.74, 6) is -2.83. The summed E-state index contributed by atoms with van der Waals surface area (Å²) < 4.78 is 43.7. The van der Waals surface area contributed by atoms with E-state index in [9.17, 15) is 28.8 Å². The van der Waals surface area contributed by atoms with Crippen LogP contribution in [0.2, 0.25) is 0 Å². The molecule has 18 nitrogen and oxygen atoms in total. The highest BCUT2D eigenvalue weighted by Gasteiger charge is 2.45. The summed E-state index contributed by atoms with van der Waals surface area (Å²) in [5, 5.41) is 5.32. The Morgan fingerprint density at radius 3 is 1.57 bits per heavy atom. The molecule has 53 heavy (non-hydrogen) atoms. The highest BCUT2D eigenvalue weighted by atomic mass is 16.6. The van der Waals surface area contributed by atoms with Crippen molar-refractivity contribution in [2.24, 2.45) is 0 Å². The lowest BCUT2D eigenvalue weighted by Crippen LogP contribution is -2.54. The van der Waals surface area contributed by atoms with Crippen molar-refractivity contribution in [2.75, 3.05) is 124 Å². The highest BCUT2D eigenvalue weighted by molar-refractivity contribution is 6.25. The number of anilines is 1. The van der Waals surface area contributed by atoms with Gasteiger partial charge in [0.2, 0.25) is 11.8 Å². The van der Waals surface area contributed by atoms with E-state index in [2.05, 4.69) is 10.6 Å². The number of hydrogen-bond acceptors (Lipinski definition) is 15. The first kappa shape index (κ1) is 41.6. The van der Waals surface area contributed by atoms with Crippen LogP contribution in [0.1, 0.15) is 33.6 Å². The fraction of sp³-hybridized carbons (Fsp3) is 0.600. The minimum Gasteiger partial charge on any atom is -0.382 e. The van der Waals surface area contributed by atoms with Gasteiger partial charge in [0.25, 0.3) is 23.6 Å². The number of hydrogen-bond donors (Lipinski definition) is 2. The average Bonchev–Trinajstić information content (AvgIpc) is 3.60. The smallest absolute Gasteiger partial charge is 0.264 e. The molecular formula is C35H48N4O14. The van der Waals surface area contributed by atoms with Crippen molar-refractivity contribution in [1.82, 2.24) is 15.1 Å². The molecule has 18 heteroatoms. The number of ether oxygens (including phenoxy) is 8. The second-order valence-electron chi connectivity index (χ2n) is 11.7. The molecule has 0 spiro atoms. The highest BCUT2D eigenvalue weighted by Crippen LogP contribution is 2.32.